The number of pyridine rings is 1. The van der Waals surface area contributed by atoms with Crippen molar-refractivity contribution in [3.8, 4) is 0 Å². The predicted molar refractivity (Wildman–Crippen MR) is 82.3 cm³/mol. The molecule has 0 bridgehead atoms. The van der Waals surface area contributed by atoms with Crippen LogP contribution in [-0.2, 0) is 5.75 Å². The molecule has 0 atom stereocenters. The lowest BCUT2D eigenvalue weighted by atomic mass is 10.1. The summed E-state index contributed by atoms with van der Waals surface area (Å²) < 4.78 is 36.9. The fourth-order valence-electron chi connectivity index (χ4n) is 1.55. The molecule has 120 valence electrons. The van der Waals surface area contributed by atoms with E-state index in [9.17, 15) is 13.2 Å². The van der Waals surface area contributed by atoms with Crippen LogP contribution in [0.5, 0.6) is 0 Å². The standard InChI is InChI=1S/C13H15F3N4S2/c1-8(2)10-5-3-4-9(18-10)6-21-12-20-19-11(22-12)17-7-13(14,15)16/h3-5,8H,6-7H2,1-2H3,(H,17,19). The second-order valence-electron chi connectivity index (χ2n) is 4.84. The van der Waals surface area contributed by atoms with E-state index in [4.69, 9.17) is 0 Å². The van der Waals surface area contributed by atoms with Gasteiger partial charge in [0.2, 0.25) is 5.13 Å². The molecule has 0 fully saturated rings. The first kappa shape index (κ1) is 17.0. The highest BCUT2D eigenvalue weighted by atomic mass is 32.2. The molecular weight excluding hydrogens is 333 g/mol. The van der Waals surface area contributed by atoms with Crippen LogP contribution >= 0.6 is 23.1 Å². The minimum atomic E-state index is -4.26. The van der Waals surface area contributed by atoms with Gasteiger partial charge in [0.05, 0.1) is 5.69 Å². The van der Waals surface area contributed by atoms with E-state index in [-0.39, 0.29) is 5.13 Å². The predicted octanol–water partition coefficient (Wildman–Crippen LogP) is 4.32. The summed E-state index contributed by atoms with van der Waals surface area (Å²) in [4.78, 5) is 4.53. The van der Waals surface area contributed by atoms with E-state index in [2.05, 4.69) is 34.3 Å². The number of aromatic nitrogens is 3. The Bertz CT molecular complexity index is 613. The van der Waals surface area contributed by atoms with Crippen LogP contribution in [0.3, 0.4) is 0 Å². The fraction of sp³-hybridized carbons (Fsp3) is 0.462. The summed E-state index contributed by atoms with van der Waals surface area (Å²) >= 11 is 2.51. The molecule has 2 aromatic heterocycles. The lowest BCUT2D eigenvalue weighted by Gasteiger charge is -2.06. The lowest BCUT2D eigenvalue weighted by molar-refractivity contribution is -0.115. The number of rotatable bonds is 6. The zero-order valence-electron chi connectivity index (χ0n) is 12.0. The molecule has 22 heavy (non-hydrogen) atoms. The maximum atomic E-state index is 12.1. The van der Waals surface area contributed by atoms with Gasteiger partial charge < -0.3 is 5.32 Å². The summed E-state index contributed by atoms with van der Waals surface area (Å²) in [6, 6.07) is 5.85. The Hall–Kier alpha value is -1.35. The lowest BCUT2D eigenvalue weighted by Crippen LogP contribution is -2.21. The van der Waals surface area contributed by atoms with Crippen LogP contribution in [0.2, 0.25) is 0 Å². The number of thioether (sulfide) groups is 1. The quantitative estimate of drug-likeness (QED) is 0.788. The van der Waals surface area contributed by atoms with Crippen LogP contribution in [0.4, 0.5) is 18.3 Å². The molecule has 4 nitrogen and oxygen atoms in total. The molecule has 0 spiro atoms. The van der Waals surface area contributed by atoms with E-state index >= 15 is 0 Å². The first-order chi connectivity index (χ1) is 10.3. The Kier molecular flexibility index (Phi) is 5.63. The van der Waals surface area contributed by atoms with Gasteiger partial charge in [0, 0.05) is 11.4 Å². The summed E-state index contributed by atoms with van der Waals surface area (Å²) in [5.74, 6) is 0.957. The highest BCUT2D eigenvalue weighted by Crippen LogP contribution is 2.28. The summed E-state index contributed by atoms with van der Waals surface area (Å²) in [5, 5.41) is 9.95. The highest BCUT2D eigenvalue weighted by molar-refractivity contribution is 8.00. The Labute approximate surface area is 134 Å². The van der Waals surface area contributed by atoms with Gasteiger partial charge in [-0.1, -0.05) is 43.0 Å². The van der Waals surface area contributed by atoms with E-state index in [1.54, 1.807) is 0 Å². The van der Waals surface area contributed by atoms with Crippen molar-refractivity contribution in [2.45, 2.75) is 36.0 Å². The number of hydrogen-bond donors (Lipinski definition) is 1. The topological polar surface area (TPSA) is 50.7 Å². The van der Waals surface area contributed by atoms with Crippen molar-refractivity contribution in [1.29, 1.82) is 0 Å². The minimum absolute atomic E-state index is 0.170. The van der Waals surface area contributed by atoms with Crippen molar-refractivity contribution in [2.24, 2.45) is 0 Å². The van der Waals surface area contributed by atoms with Gasteiger partial charge in [0.25, 0.3) is 0 Å². The normalized spacial score (nSPS) is 11.9. The number of anilines is 1. The van der Waals surface area contributed by atoms with Gasteiger partial charge in [-0.25, -0.2) is 0 Å². The van der Waals surface area contributed by atoms with E-state index < -0.39 is 12.7 Å². The molecule has 9 heteroatoms. The van der Waals surface area contributed by atoms with E-state index in [1.165, 1.54) is 11.8 Å². The molecule has 2 aromatic rings. The monoisotopic (exact) mass is 348 g/mol. The molecule has 0 unspecified atom stereocenters. The minimum Gasteiger partial charge on any atom is -0.351 e. The number of alkyl halides is 3. The molecule has 2 heterocycles. The van der Waals surface area contributed by atoms with Crippen molar-refractivity contribution < 1.29 is 13.2 Å². The largest absolute Gasteiger partial charge is 0.405 e. The van der Waals surface area contributed by atoms with Crippen molar-refractivity contribution in [2.75, 3.05) is 11.9 Å². The number of nitrogens with zero attached hydrogens (tertiary/aromatic N) is 3. The average Bonchev–Trinajstić information content (AvgIpc) is 2.90. The van der Waals surface area contributed by atoms with Crippen LogP contribution in [0.25, 0.3) is 0 Å². The molecule has 0 aliphatic carbocycles. The molecule has 0 saturated heterocycles. The van der Waals surface area contributed by atoms with Gasteiger partial charge in [0.15, 0.2) is 4.34 Å². The molecule has 0 radical (unpaired) electrons. The third-order valence-corrected chi connectivity index (χ3v) is 4.66. The van der Waals surface area contributed by atoms with Crippen molar-refractivity contribution in [1.82, 2.24) is 15.2 Å². The molecule has 0 amide bonds. The van der Waals surface area contributed by atoms with Crippen molar-refractivity contribution in [3.63, 3.8) is 0 Å². The van der Waals surface area contributed by atoms with Gasteiger partial charge >= 0.3 is 6.18 Å². The molecule has 0 aliphatic heterocycles. The SMILES string of the molecule is CC(C)c1cccc(CSc2nnc(NCC(F)(F)F)s2)n1. The van der Waals surface area contributed by atoms with Crippen LogP contribution < -0.4 is 5.32 Å². The fourth-order valence-corrected chi connectivity index (χ4v) is 3.20. The summed E-state index contributed by atoms with van der Waals surface area (Å²) in [6.45, 7) is 3.04. The van der Waals surface area contributed by atoms with E-state index in [0.29, 0.717) is 16.0 Å². The number of nitrogens with one attached hydrogen (secondary N) is 1. The van der Waals surface area contributed by atoms with Gasteiger partial charge in [-0.2, -0.15) is 13.2 Å². The zero-order chi connectivity index (χ0) is 16.2. The van der Waals surface area contributed by atoms with Gasteiger partial charge in [-0.3, -0.25) is 4.98 Å². The zero-order valence-corrected chi connectivity index (χ0v) is 13.6. The van der Waals surface area contributed by atoms with Crippen LogP contribution in [0, 0.1) is 0 Å². The second-order valence-corrected chi connectivity index (χ2v) is 7.04. The summed E-state index contributed by atoms with van der Waals surface area (Å²) in [7, 11) is 0. The number of halogens is 3. The molecule has 0 aromatic carbocycles. The van der Waals surface area contributed by atoms with E-state index in [0.717, 1.165) is 22.7 Å². The molecule has 1 N–H and O–H groups in total. The Morgan fingerprint density at radius 3 is 2.73 bits per heavy atom. The average molecular weight is 348 g/mol. The third-order valence-electron chi connectivity index (χ3n) is 2.61. The summed E-state index contributed by atoms with van der Waals surface area (Å²) in [5.41, 5.74) is 1.93. The van der Waals surface area contributed by atoms with Gasteiger partial charge in [-0.05, 0) is 18.1 Å². The first-order valence-corrected chi connectivity index (χ1v) is 8.36. The molecular formula is C13H15F3N4S2. The maximum Gasteiger partial charge on any atom is 0.405 e. The van der Waals surface area contributed by atoms with Gasteiger partial charge in [-0.15, -0.1) is 10.2 Å². The van der Waals surface area contributed by atoms with Crippen LogP contribution in [0.1, 0.15) is 31.2 Å². The Balaban J connectivity index is 1.89. The third kappa shape index (κ3) is 5.45. The van der Waals surface area contributed by atoms with Crippen LogP contribution in [0.15, 0.2) is 22.5 Å². The Morgan fingerprint density at radius 1 is 1.27 bits per heavy atom. The maximum absolute atomic E-state index is 12.1. The van der Waals surface area contributed by atoms with E-state index in [1.807, 2.05) is 18.2 Å². The van der Waals surface area contributed by atoms with Crippen LogP contribution in [-0.4, -0.2) is 27.9 Å². The molecule has 2 rings (SSSR count). The molecule has 0 saturated carbocycles. The van der Waals surface area contributed by atoms with Crippen molar-refractivity contribution >= 4 is 28.2 Å². The number of hydrogen-bond acceptors (Lipinski definition) is 6. The highest BCUT2D eigenvalue weighted by Gasteiger charge is 2.27. The summed E-state index contributed by atoms with van der Waals surface area (Å²) in [6.07, 6.45) is -4.26. The smallest absolute Gasteiger partial charge is 0.351 e. The Morgan fingerprint density at radius 2 is 2.05 bits per heavy atom. The first-order valence-electron chi connectivity index (χ1n) is 6.56. The second kappa shape index (κ2) is 7.28. The van der Waals surface area contributed by atoms with Gasteiger partial charge in [0.1, 0.15) is 6.54 Å². The van der Waals surface area contributed by atoms with Crippen molar-refractivity contribution in [3.05, 3.63) is 29.6 Å². The molecule has 0 aliphatic rings.